The maximum Gasteiger partial charge on any atom is 0.0327 e. The molecule has 0 saturated heterocycles. The van der Waals surface area contributed by atoms with Crippen molar-refractivity contribution in [3.05, 3.63) is 0 Å². The van der Waals surface area contributed by atoms with Crippen LogP contribution in [0, 0.1) is 11.8 Å². The van der Waals surface area contributed by atoms with E-state index in [0.29, 0.717) is 5.54 Å². The number of likely N-dealkylation sites (N-methyl/N-ethyl adjacent to an activating group) is 1. The summed E-state index contributed by atoms with van der Waals surface area (Å²) in [6.45, 7) is 4.87. The van der Waals surface area contributed by atoms with E-state index < -0.39 is 0 Å². The Balaban J connectivity index is 1.76. The van der Waals surface area contributed by atoms with Gasteiger partial charge in [0.1, 0.15) is 0 Å². The van der Waals surface area contributed by atoms with Crippen molar-refractivity contribution in [2.45, 2.75) is 70.3 Å². The summed E-state index contributed by atoms with van der Waals surface area (Å²) in [6, 6.07) is 0. The van der Waals surface area contributed by atoms with Gasteiger partial charge in [-0.3, -0.25) is 0 Å². The van der Waals surface area contributed by atoms with Gasteiger partial charge in [-0.05, 0) is 58.2 Å². The molecule has 2 aliphatic carbocycles. The lowest BCUT2D eigenvalue weighted by atomic mass is 9.80. The van der Waals surface area contributed by atoms with Crippen LogP contribution in [0.5, 0.6) is 0 Å². The van der Waals surface area contributed by atoms with Gasteiger partial charge in [0.15, 0.2) is 0 Å². The molecule has 2 unspecified atom stereocenters. The summed E-state index contributed by atoms with van der Waals surface area (Å²) < 4.78 is 0. The molecule has 0 aliphatic heterocycles. The SMILES string of the molecule is CC1CCCC(CNCC2(N(C)C)CCCCC2)C1. The van der Waals surface area contributed by atoms with Crippen LogP contribution in [0.1, 0.15) is 64.7 Å². The van der Waals surface area contributed by atoms with Gasteiger partial charge in [0, 0.05) is 12.1 Å². The van der Waals surface area contributed by atoms with Crippen LogP contribution in [0.4, 0.5) is 0 Å². The summed E-state index contributed by atoms with van der Waals surface area (Å²) in [5.74, 6) is 1.89. The molecule has 0 amide bonds. The van der Waals surface area contributed by atoms with Gasteiger partial charge in [0.05, 0.1) is 0 Å². The van der Waals surface area contributed by atoms with E-state index in [-0.39, 0.29) is 0 Å². The van der Waals surface area contributed by atoms with Crippen LogP contribution in [-0.4, -0.2) is 37.6 Å². The summed E-state index contributed by atoms with van der Waals surface area (Å²) in [7, 11) is 4.55. The lowest BCUT2D eigenvalue weighted by molar-refractivity contribution is 0.0961. The van der Waals surface area contributed by atoms with Gasteiger partial charge < -0.3 is 10.2 Å². The Hall–Kier alpha value is -0.0800. The van der Waals surface area contributed by atoms with Crippen molar-refractivity contribution in [3.63, 3.8) is 0 Å². The molecule has 0 aromatic carbocycles. The smallest absolute Gasteiger partial charge is 0.0327 e. The van der Waals surface area contributed by atoms with Crippen molar-refractivity contribution < 1.29 is 0 Å². The third-order valence-corrected chi connectivity index (χ3v) is 5.67. The van der Waals surface area contributed by atoms with E-state index in [1.165, 1.54) is 70.9 Å². The summed E-state index contributed by atoms with van der Waals surface area (Å²) >= 11 is 0. The van der Waals surface area contributed by atoms with Gasteiger partial charge in [-0.15, -0.1) is 0 Å². The first-order valence-electron chi connectivity index (χ1n) is 8.50. The first-order valence-corrected chi connectivity index (χ1v) is 8.50. The van der Waals surface area contributed by atoms with Crippen LogP contribution in [0.25, 0.3) is 0 Å². The van der Waals surface area contributed by atoms with E-state index >= 15 is 0 Å². The standard InChI is InChI=1S/C17H34N2/c1-15-8-7-9-16(12-15)13-18-14-17(19(2)3)10-5-4-6-11-17/h15-16,18H,4-14H2,1-3H3. The van der Waals surface area contributed by atoms with Crippen LogP contribution in [0.15, 0.2) is 0 Å². The van der Waals surface area contributed by atoms with Crippen LogP contribution in [0.3, 0.4) is 0 Å². The highest BCUT2D eigenvalue weighted by atomic mass is 15.2. The fourth-order valence-corrected chi connectivity index (χ4v) is 4.25. The van der Waals surface area contributed by atoms with Gasteiger partial charge >= 0.3 is 0 Å². The molecule has 2 atom stereocenters. The molecule has 112 valence electrons. The molecule has 0 aromatic rings. The molecule has 0 heterocycles. The minimum absolute atomic E-state index is 0.443. The summed E-state index contributed by atoms with van der Waals surface area (Å²) in [6.07, 6.45) is 12.8. The van der Waals surface area contributed by atoms with Crippen LogP contribution in [-0.2, 0) is 0 Å². The van der Waals surface area contributed by atoms with Crippen molar-refractivity contribution in [1.82, 2.24) is 10.2 Å². The normalized spacial score (nSPS) is 31.6. The van der Waals surface area contributed by atoms with Crippen molar-refractivity contribution in [2.75, 3.05) is 27.2 Å². The third-order valence-electron chi connectivity index (χ3n) is 5.67. The van der Waals surface area contributed by atoms with Crippen molar-refractivity contribution >= 4 is 0 Å². The fourth-order valence-electron chi connectivity index (χ4n) is 4.25. The van der Waals surface area contributed by atoms with E-state index in [1.807, 2.05) is 0 Å². The number of nitrogens with zero attached hydrogens (tertiary/aromatic N) is 1. The second kappa shape index (κ2) is 7.08. The van der Waals surface area contributed by atoms with E-state index in [0.717, 1.165) is 11.8 Å². The first kappa shape index (κ1) is 15.3. The monoisotopic (exact) mass is 266 g/mol. The van der Waals surface area contributed by atoms with Crippen LogP contribution >= 0.6 is 0 Å². The Morgan fingerprint density at radius 3 is 2.42 bits per heavy atom. The van der Waals surface area contributed by atoms with Crippen LogP contribution in [0.2, 0.25) is 0 Å². The zero-order chi connectivity index (χ0) is 13.7. The maximum absolute atomic E-state index is 3.83. The van der Waals surface area contributed by atoms with Crippen LogP contribution < -0.4 is 5.32 Å². The first-order chi connectivity index (χ1) is 9.12. The topological polar surface area (TPSA) is 15.3 Å². The average molecular weight is 266 g/mol. The van der Waals surface area contributed by atoms with Crippen molar-refractivity contribution in [1.29, 1.82) is 0 Å². The molecule has 0 spiro atoms. The van der Waals surface area contributed by atoms with Gasteiger partial charge in [-0.25, -0.2) is 0 Å². The highest BCUT2D eigenvalue weighted by Gasteiger charge is 2.33. The Labute approximate surface area is 120 Å². The fraction of sp³-hybridized carbons (Fsp3) is 1.00. The predicted octanol–water partition coefficient (Wildman–Crippen LogP) is 3.67. The zero-order valence-corrected chi connectivity index (χ0v) is 13.4. The summed E-state index contributed by atoms with van der Waals surface area (Å²) in [5.41, 5.74) is 0.443. The Morgan fingerprint density at radius 1 is 1.05 bits per heavy atom. The minimum atomic E-state index is 0.443. The summed E-state index contributed by atoms with van der Waals surface area (Å²) in [5, 5.41) is 3.83. The lowest BCUT2D eigenvalue weighted by Gasteiger charge is -2.43. The number of nitrogens with one attached hydrogen (secondary N) is 1. The van der Waals surface area contributed by atoms with Gasteiger partial charge in [0.2, 0.25) is 0 Å². The molecule has 0 aromatic heterocycles. The third kappa shape index (κ3) is 4.19. The number of hydrogen-bond donors (Lipinski definition) is 1. The average Bonchev–Trinajstić information content (AvgIpc) is 2.40. The van der Waals surface area contributed by atoms with Gasteiger partial charge in [-0.1, -0.05) is 39.0 Å². The van der Waals surface area contributed by atoms with Gasteiger partial charge in [0.25, 0.3) is 0 Å². The molecule has 0 bridgehead atoms. The van der Waals surface area contributed by atoms with Gasteiger partial charge in [-0.2, -0.15) is 0 Å². The minimum Gasteiger partial charge on any atom is -0.315 e. The lowest BCUT2D eigenvalue weighted by Crippen LogP contribution is -2.53. The molecule has 2 rings (SSSR count). The van der Waals surface area contributed by atoms with E-state index in [2.05, 4.69) is 31.2 Å². The van der Waals surface area contributed by atoms with Crippen molar-refractivity contribution in [2.24, 2.45) is 11.8 Å². The molecule has 2 aliphatic rings. The Bertz CT molecular complexity index is 256. The van der Waals surface area contributed by atoms with E-state index in [4.69, 9.17) is 0 Å². The molecular weight excluding hydrogens is 232 g/mol. The molecule has 1 N–H and O–H groups in total. The van der Waals surface area contributed by atoms with Crippen molar-refractivity contribution in [3.8, 4) is 0 Å². The van der Waals surface area contributed by atoms with E-state index in [1.54, 1.807) is 0 Å². The van der Waals surface area contributed by atoms with E-state index in [9.17, 15) is 0 Å². The highest BCUT2D eigenvalue weighted by molar-refractivity contribution is 4.92. The molecule has 2 fully saturated rings. The molecular formula is C17H34N2. The quantitative estimate of drug-likeness (QED) is 0.817. The molecule has 2 heteroatoms. The zero-order valence-electron chi connectivity index (χ0n) is 13.4. The molecule has 2 nitrogen and oxygen atoms in total. The highest BCUT2D eigenvalue weighted by Crippen LogP contribution is 2.32. The largest absolute Gasteiger partial charge is 0.315 e. The molecule has 2 saturated carbocycles. The second-order valence-electron chi connectivity index (χ2n) is 7.45. The number of rotatable bonds is 5. The molecule has 19 heavy (non-hydrogen) atoms. The Morgan fingerprint density at radius 2 is 1.79 bits per heavy atom. The molecule has 0 radical (unpaired) electrons. The maximum atomic E-state index is 3.83. The second-order valence-corrected chi connectivity index (χ2v) is 7.45. The predicted molar refractivity (Wildman–Crippen MR) is 83.5 cm³/mol. The summed E-state index contributed by atoms with van der Waals surface area (Å²) in [4.78, 5) is 2.49. The number of hydrogen-bond acceptors (Lipinski definition) is 2. The Kier molecular flexibility index (Phi) is 5.70.